The van der Waals surface area contributed by atoms with E-state index in [2.05, 4.69) is 6.92 Å². The van der Waals surface area contributed by atoms with Crippen molar-refractivity contribution in [3.8, 4) is 0 Å². The van der Waals surface area contributed by atoms with Crippen LogP contribution in [0.5, 0.6) is 0 Å². The van der Waals surface area contributed by atoms with Gasteiger partial charge < -0.3 is 7.16 Å². The molecule has 0 amide bonds. The summed E-state index contributed by atoms with van der Waals surface area (Å²) < 4.78 is 0. The predicted molar refractivity (Wildman–Crippen MR) is 25.1 cm³/mol. The zero-order valence-corrected chi connectivity index (χ0v) is 4.70. The first-order valence-corrected chi connectivity index (χ1v) is 2.12. The molecule has 0 bridgehead atoms. The molecule has 0 atom stereocenters. The average molecular weight is 81.1 g/mol. The third-order valence-electron chi connectivity index (χ3n) is 0.558. The number of hydrogen-bond donors (Lipinski definition) is 1. The van der Waals surface area contributed by atoms with Crippen LogP contribution in [-0.2, 0) is 0 Å². The van der Waals surface area contributed by atoms with Gasteiger partial charge in [0.15, 0.2) is 0 Å². The Balaban J connectivity index is -0.0000000800. The molecule has 0 saturated carbocycles. The van der Waals surface area contributed by atoms with Crippen LogP contribution in [0.25, 0.3) is 0 Å². The van der Waals surface area contributed by atoms with Crippen molar-refractivity contribution in [2.24, 2.45) is 5.73 Å². The fourth-order valence-corrected chi connectivity index (χ4v) is 0.204. The summed E-state index contributed by atoms with van der Waals surface area (Å²) in [6.07, 6.45) is 2.39. The molecule has 0 aromatic heterocycles. The van der Waals surface area contributed by atoms with Crippen molar-refractivity contribution in [2.75, 3.05) is 6.54 Å². The first-order valence-electron chi connectivity index (χ1n) is 2.12. The molecule has 0 radical (unpaired) electrons. The van der Waals surface area contributed by atoms with Gasteiger partial charge in [0.2, 0.25) is 0 Å². The summed E-state index contributed by atoms with van der Waals surface area (Å²) in [6, 6.07) is 0. The maximum atomic E-state index is 5.14. The van der Waals surface area contributed by atoms with Gasteiger partial charge in [0, 0.05) is 0 Å². The molecular formula is C4H12LiN. The third-order valence-corrected chi connectivity index (χ3v) is 0.558. The Morgan fingerprint density at radius 2 is 2.17 bits per heavy atom. The molecule has 0 aliphatic heterocycles. The average Bonchev–Trinajstić information content (AvgIpc) is 1.41. The number of nitrogens with two attached hydrogens (primary N) is 1. The Morgan fingerprint density at radius 3 is 2.17 bits per heavy atom. The van der Waals surface area contributed by atoms with Gasteiger partial charge in [-0.2, -0.15) is 0 Å². The van der Waals surface area contributed by atoms with E-state index in [1.807, 2.05) is 0 Å². The molecule has 2 N–H and O–H groups in total. The van der Waals surface area contributed by atoms with E-state index >= 15 is 0 Å². The zero-order valence-electron chi connectivity index (χ0n) is 5.70. The molecule has 6 heavy (non-hydrogen) atoms. The minimum atomic E-state index is 0. The standard InChI is InChI=1S/C4H11N.Li.H/c1-2-3-4-5;;/h2-5H2,1H3;;/q;+1;-1. The van der Waals surface area contributed by atoms with Crippen molar-refractivity contribution in [2.45, 2.75) is 19.8 Å². The molecule has 0 aromatic carbocycles. The Hall–Kier alpha value is 0.557. The van der Waals surface area contributed by atoms with Crippen LogP contribution in [0, 0.1) is 0 Å². The molecule has 1 nitrogen and oxygen atoms in total. The van der Waals surface area contributed by atoms with Gasteiger partial charge in [-0.3, -0.25) is 0 Å². The Bertz CT molecular complexity index is 19.2. The molecule has 0 saturated heterocycles. The summed E-state index contributed by atoms with van der Waals surface area (Å²) >= 11 is 0. The molecule has 2 heteroatoms. The molecule has 0 aliphatic rings. The van der Waals surface area contributed by atoms with Crippen LogP contribution in [0.15, 0.2) is 0 Å². The van der Waals surface area contributed by atoms with Crippen molar-refractivity contribution < 1.29 is 20.3 Å². The molecule has 0 rings (SSSR count). The van der Waals surface area contributed by atoms with E-state index in [4.69, 9.17) is 5.73 Å². The number of unbranched alkanes of at least 4 members (excludes halogenated alkanes) is 1. The smallest absolute Gasteiger partial charge is 1.00 e. The number of rotatable bonds is 2. The fraction of sp³-hybridized carbons (Fsp3) is 1.00. The quantitative estimate of drug-likeness (QED) is 0.377. The molecule has 0 fully saturated rings. The molecule has 0 heterocycles. The first kappa shape index (κ1) is 9.75. The van der Waals surface area contributed by atoms with Gasteiger partial charge in [0.25, 0.3) is 0 Å². The van der Waals surface area contributed by atoms with Crippen LogP contribution in [-0.4, -0.2) is 6.54 Å². The first-order chi connectivity index (χ1) is 2.41. The summed E-state index contributed by atoms with van der Waals surface area (Å²) in [5.74, 6) is 0. The van der Waals surface area contributed by atoms with E-state index < -0.39 is 0 Å². The van der Waals surface area contributed by atoms with Gasteiger partial charge in [-0.15, -0.1) is 0 Å². The summed E-state index contributed by atoms with van der Waals surface area (Å²) in [5, 5.41) is 0. The second kappa shape index (κ2) is 9.12. The van der Waals surface area contributed by atoms with E-state index in [0.29, 0.717) is 0 Å². The minimum absolute atomic E-state index is 0. The van der Waals surface area contributed by atoms with E-state index in [1.54, 1.807) is 0 Å². The van der Waals surface area contributed by atoms with Gasteiger partial charge in [0.05, 0.1) is 0 Å². The largest absolute Gasteiger partial charge is 1.00 e. The molecular weight excluding hydrogens is 69.0 g/mol. The second-order valence-electron chi connectivity index (χ2n) is 1.14. The van der Waals surface area contributed by atoms with Crippen LogP contribution >= 0.6 is 0 Å². The second-order valence-corrected chi connectivity index (χ2v) is 1.14. The van der Waals surface area contributed by atoms with Gasteiger partial charge in [-0.25, -0.2) is 0 Å². The summed E-state index contributed by atoms with van der Waals surface area (Å²) in [7, 11) is 0. The van der Waals surface area contributed by atoms with Crippen molar-refractivity contribution in [3.63, 3.8) is 0 Å². The monoisotopic (exact) mass is 81.1 g/mol. The van der Waals surface area contributed by atoms with Crippen LogP contribution in [0.2, 0.25) is 0 Å². The topological polar surface area (TPSA) is 26.0 Å². The van der Waals surface area contributed by atoms with E-state index in [0.717, 1.165) is 6.54 Å². The van der Waals surface area contributed by atoms with Crippen molar-refractivity contribution in [3.05, 3.63) is 0 Å². The van der Waals surface area contributed by atoms with Crippen molar-refractivity contribution in [1.82, 2.24) is 0 Å². The van der Waals surface area contributed by atoms with Gasteiger partial charge in [-0.05, 0) is 13.0 Å². The van der Waals surface area contributed by atoms with Gasteiger partial charge >= 0.3 is 18.9 Å². The van der Waals surface area contributed by atoms with Crippen molar-refractivity contribution >= 4 is 0 Å². The normalized spacial score (nSPS) is 7.00. The third kappa shape index (κ3) is 8.82. The van der Waals surface area contributed by atoms with Crippen LogP contribution in [0.4, 0.5) is 0 Å². The van der Waals surface area contributed by atoms with E-state index in [9.17, 15) is 0 Å². The van der Waals surface area contributed by atoms with E-state index in [-0.39, 0.29) is 20.3 Å². The summed E-state index contributed by atoms with van der Waals surface area (Å²) in [5.41, 5.74) is 5.14. The van der Waals surface area contributed by atoms with Crippen LogP contribution in [0.1, 0.15) is 21.2 Å². The maximum absolute atomic E-state index is 5.14. The Kier molecular flexibility index (Phi) is 14.8. The Morgan fingerprint density at radius 1 is 1.67 bits per heavy atom. The fourth-order valence-electron chi connectivity index (χ4n) is 0.204. The number of hydrogen-bond acceptors (Lipinski definition) is 1. The molecule has 0 aromatic rings. The van der Waals surface area contributed by atoms with Gasteiger partial charge in [0.1, 0.15) is 0 Å². The molecule has 0 unspecified atom stereocenters. The molecule has 0 aliphatic carbocycles. The molecule has 0 spiro atoms. The minimum Gasteiger partial charge on any atom is -1.00 e. The predicted octanol–water partition coefficient (Wildman–Crippen LogP) is -2.14. The van der Waals surface area contributed by atoms with Crippen molar-refractivity contribution in [1.29, 1.82) is 0 Å². The summed E-state index contributed by atoms with van der Waals surface area (Å²) in [4.78, 5) is 0. The Labute approximate surface area is 53.0 Å². The van der Waals surface area contributed by atoms with Crippen LogP contribution < -0.4 is 24.6 Å². The SMILES string of the molecule is CCCCN.[H-].[Li+]. The van der Waals surface area contributed by atoms with Crippen LogP contribution in [0.3, 0.4) is 0 Å². The zero-order chi connectivity index (χ0) is 4.12. The van der Waals surface area contributed by atoms with E-state index in [1.165, 1.54) is 12.8 Å². The van der Waals surface area contributed by atoms with Gasteiger partial charge in [-0.1, -0.05) is 13.3 Å². The maximum Gasteiger partial charge on any atom is 1.00 e. The summed E-state index contributed by atoms with van der Waals surface area (Å²) in [6.45, 7) is 2.98. The molecule has 34 valence electrons.